The average molecular weight is 319 g/mol. The number of carboxylic acids is 1. The lowest BCUT2D eigenvalue weighted by Crippen LogP contribution is -2.31. The molecule has 0 unspecified atom stereocenters. The van der Waals surface area contributed by atoms with E-state index in [1.165, 1.54) is 6.20 Å². The summed E-state index contributed by atoms with van der Waals surface area (Å²) in [6.07, 6.45) is 1.22. The standard InChI is InChI=1S/C15H17N3O5/c1-22-12-2-4-13(5-3-12)23-7-6-17-9-11(8-16)15(21)18-10-14(19)20/h2-5,9,17H,6-7,10H2,1H3,(H,18,21)(H,19,20)/b11-9-. The van der Waals surface area contributed by atoms with Crippen LogP contribution in [-0.2, 0) is 9.59 Å². The molecule has 0 fully saturated rings. The molecule has 0 radical (unpaired) electrons. The van der Waals surface area contributed by atoms with Crippen molar-refractivity contribution in [3.8, 4) is 17.6 Å². The number of ether oxygens (including phenoxy) is 2. The zero-order chi connectivity index (χ0) is 17.1. The maximum Gasteiger partial charge on any atom is 0.322 e. The number of nitrogens with one attached hydrogen (secondary N) is 2. The number of aliphatic carboxylic acids is 1. The van der Waals surface area contributed by atoms with Crippen molar-refractivity contribution in [3.05, 3.63) is 36.0 Å². The highest BCUT2D eigenvalue weighted by atomic mass is 16.5. The van der Waals surface area contributed by atoms with Crippen molar-refractivity contribution in [2.75, 3.05) is 26.8 Å². The topological polar surface area (TPSA) is 121 Å². The van der Waals surface area contributed by atoms with Gasteiger partial charge in [0, 0.05) is 12.7 Å². The first-order valence-electron chi connectivity index (χ1n) is 6.67. The molecule has 0 saturated carbocycles. The van der Waals surface area contributed by atoms with Gasteiger partial charge in [0.05, 0.1) is 7.11 Å². The normalized spacial score (nSPS) is 10.3. The molecule has 0 atom stereocenters. The van der Waals surface area contributed by atoms with Crippen LogP contribution in [0.3, 0.4) is 0 Å². The molecule has 1 aromatic carbocycles. The van der Waals surface area contributed by atoms with Gasteiger partial charge in [-0.2, -0.15) is 5.26 Å². The lowest BCUT2D eigenvalue weighted by molar-refractivity contribution is -0.137. The number of amides is 1. The fourth-order valence-corrected chi connectivity index (χ4v) is 1.47. The minimum atomic E-state index is -1.18. The second-order valence-electron chi connectivity index (χ2n) is 4.22. The molecule has 0 bridgehead atoms. The van der Waals surface area contributed by atoms with Crippen molar-refractivity contribution in [3.63, 3.8) is 0 Å². The summed E-state index contributed by atoms with van der Waals surface area (Å²) in [5.74, 6) is -0.546. The minimum Gasteiger partial charge on any atom is -0.497 e. The van der Waals surface area contributed by atoms with Crippen LogP contribution in [-0.4, -0.2) is 43.8 Å². The highest BCUT2D eigenvalue weighted by molar-refractivity contribution is 5.98. The van der Waals surface area contributed by atoms with E-state index in [2.05, 4.69) is 10.6 Å². The Kier molecular flexibility index (Phi) is 7.51. The van der Waals surface area contributed by atoms with Gasteiger partial charge in [0.15, 0.2) is 0 Å². The van der Waals surface area contributed by atoms with E-state index in [1.807, 2.05) is 0 Å². The third-order valence-corrected chi connectivity index (χ3v) is 2.59. The van der Waals surface area contributed by atoms with Crippen molar-refractivity contribution in [2.45, 2.75) is 0 Å². The Balaban J connectivity index is 2.34. The highest BCUT2D eigenvalue weighted by Crippen LogP contribution is 2.16. The quantitative estimate of drug-likeness (QED) is 0.339. The number of carbonyl (C=O) groups excluding carboxylic acids is 1. The van der Waals surface area contributed by atoms with Gasteiger partial charge in [0.2, 0.25) is 0 Å². The molecule has 0 aliphatic rings. The van der Waals surface area contributed by atoms with Crippen LogP contribution >= 0.6 is 0 Å². The predicted molar refractivity (Wildman–Crippen MR) is 80.8 cm³/mol. The van der Waals surface area contributed by atoms with Crippen LogP contribution in [0.2, 0.25) is 0 Å². The molecule has 8 heteroatoms. The predicted octanol–water partition coefficient (Wildman–Crippen LogP) is 0.272. The van der Waals surface area contributed by atoms with Crippen molar-refractivity contribution >= 4 is 11.9 Å². The molecular formula is C15H17N3O5. The fourth-order valence-electron chi connectivity index (χ4n) is 1.47. The molecule has 1 aromatic rings. The number of benzene rings is 1. The van der Waals surface area contributed by atoms with E-state index in [0.29, 0.717) is 18.9 Å². The molecule has 23 heavy (non-hydrogen) atoms. The summed E-state index contributed by atoms with van der Waals surface area (Å²) < 4.78 is 10.5. The van der Waals surface area contributed by atoms with Crippen LogP contribution < -0.4 is 20.1 Å². The van der Waals surface area contributed by atoms with Crippen molar-refractivity contribution < 1.29 is 24.2 Å². The number of nitrogens with zero attached hydrogens (tertiary/aromatic N) is 1. The van der Waals surface area contributed by atoms with Gasteiger partial charge in [-0.3, -0.25) is 9.59 Å². The van der Waals surface area contributed by atoms with Crippen LogP contribution in [0.4, 0.5) is 0 Å². The molecule has 8 nitrogen and oxygen atoms in total. The van der Waals surface area contributed by atoms with Crippen LogP contribution in [0.25, 0.3) is 0 Å². The summed E-state index contributed by atoms with van der Waals surface area (Å²) in [5, 5.41) is 22.1. The maximum absolute atomic E-state index is 11.5. The summed E-state index contributed by atoms with van der Waals surface area (Å²) >= 11 is 0. The first-order chi connectivity index (χ1) is 11.1. The van der Waals surface area contributed by atoms with Crippen LogP contribution in [0.1, 0.15) is 0 Å². The third kappa shape index (κ3) is 6.86. The molecule has 1 rings (SSSR count). The largest absolute Gasteiger partial charge is 0.497 e. The molecule has 0 aromatic heterocycles. The molecule has 122 valence electrons. The zero-order valence-corrected chi connectivity index (χ0v) is 12.5. The van der Waals surface area contributed by atoms with Gasteiger partial charge in [0.1, 0.15) is 36.3 Å². The summed E-state index contributed by atoms with van der Waals surface area (Å²) in [5.41, 5.74) is -0.212. The number of hydrogen-bond acceptors (Lipinski definition) is 6. The van der Waals surface area contributed by atoms with E-state index in [4.69, 9.17) is 19.8 Å². The Morgan fingerprint density at radius 2 is 1.96 bits per heavy atom. The zero-order valence-electron chi connectivity index (χ0n) is 12.5. The van der Waals surface area contributed by atoms with Crippen molar-refractivity contribution in [1.29, 1.82) is 5.26 Å². The lowest BCUT2D eigenvalue weighted by Gasteiger charge is -2.07. The molecular weight excluding hydrogens is 302 g/mol. The first-order valence-corrected chi connectivity index (χ1v) is 6.67. The highest BCUT2D eigenvalue weighted by Gasteiger charge is 2.09. The van der Waals surface area contributed by atoms with Crippen molar-refractivity contribution in [1.82, 2.24) is 10.6 Å². The Morgan fingerprint density at radius 3 is 2.52 bits per heavy atom. The van der Waals surface area contributed by atoms with E-state index in [-0.39, 0.29) is 5.57 Å². The Labute approximate surface area is 133 Å². The Hall–Kier alpha value is -3.21. The van der Waals surface area contributed by atoms with Gasteiger partial charge < -0.3 is 25.2 Å². The SMILES string of the molecule is COc1ccc(OCCN/C=C(/C#N)C(=O)NCC(=O)O)cc1. The number of methoxy groups -OCH3 is 1. The van der Waals surface area contributed by atoms with E-state index < -0.39 is 18.4 Å². The van der Waals surface area contributed by atoms with Crippen LogP contribution in [0, 0.1) is 11.3 Å². The number of hydrogen-bond donors (Lipinski definition) is 3. The van der Waals surface area contributed by atoms with Gasteiger partial charge in [-0.1, -0.05) is 0 Å². The number of carbonyl (C=O) groups is 2. The Morgan fingerprint density at radius 1 is 1.30 bits per heavy atom. The monoisotopic (exact) mass is 319 g/mol. The maximum atomic E-state index is 11.5. The summed E-state index contributed by atoms with van der Waals surface area (Å²) in [6, 6.07) is 8.74. The number of carboxylic acid groups (broad SMARTS) is 1. The van der Waals surface area contributed by atoms with Crippen LogP contribution in [0.15, 0.2) is 36.0 Å². The van der Waals surface area contributed by atoms with E-state index in [0.717, 1.165) is 5.75 Å². The van der Waals surface area contributed by atoms with Gasteiger partial charge in [-0.15, -0.1) is 0 Å². The summed E-state index contributed by atoms with van der Waals surface area (Å²) in [4.78, 5) is 21.8. The van der Waals surface area contributed by atoms with Gasteiger partial charge in [-0.25, -0.2) is 0 Å². The van der Waals surface area contributed by atoms with Gasteiger partial charge >= 0.3 is 5.97 Å². The van der Waals surface area contributed by atoms with E-state index >= 15 is 0 Å². The molecule has 3 N–H and O–H groups in total. The van der Waals surface area contributed by atoms with Gasteiger partial charge in [-0.05, 0) is 24.3 Å². The van der Waals surface area contributed by atoms with Gasteiger partial charge in [0.25, 0.3) is 5.91 Å². The molecule has 0 aliphatic carbocycles. The average Bonchev–Trinajstić information content (AvgIpc) is 2.56. The van der Waals surface area contributed by atoms with E-state index in [1.54, 1.807) is 37.4 Å². The molecule has 0 saturated heterocycles. The molecule has 1 amide bonds. The second-order valence-corrected chi connectivity index (χ2v) is 4.22. The number of rotatable bonds is 9. The van der Waals surface area contributed by atoms with Crippen LogP contribution in [0.5, 0.6) is 11.5 Å². The summed E-state index contributed by atoms with van der Waals surface area (Å²) in [6.45, 7) is 0.139. The fraction of sp³-hybridized carbons (Fsp3) is 0.267. The Bertz CT molecular complexity index is 605. The molecule has 0 heterocycles. The smallest absolute Gasteiger partial charge is 0.322 e. The van der Waals surface area contributed by atoms with E-state index in [9.17, 15) is 9.59 Å². The third-order valence-electron chi connectivity index (χ3n) is 2.59. The first kappa shape index (κ1) is 17.8. The van der Waals surface area contributed by atoms with Crippen molar-refractivity contribution in [2.24, 2.45) is 0 Å². The molecule has 0 spiro atoms. The lowest BCUT2D eigenvalue weighted by atomic mass is 10.3. The second kappa shape index (κ2) is 9.68. The minimum absolute atomic E-state index is 0.212. The summed E-state index contributed by atoms with van der Waals surface area (Å²) in [7, 11) is 1.57. The molecule has 0 aliphatic heterocycles. The number of nitriles is 1.